The molecule has 6 nitrogen and oxygen atoms in total. The fraction of sp³-hybridized carbons (Fsp3) is 0.312. The molecule has 0 bridgehead atoms. The lowest BCUT2D eigenvalue weighted by Crippen LogP contribution is -2.21. The number of hydrogen-bond acceptors (Lipinski definition) is 5. The van der Waals surface area contributed by atoms with Crippen LogP contribution in [0.15, 0.2) is 23.0 Å². The molecule has 2 aromatic heterocycles. The van der Waals surface area contributed by atoms with Crippen LogP contribution in [0.4, 0.5) is 0 Å². The van der Waals surface area contributed by atoms with Crippen LogP contribution in [0.5, 0.6) is 5.75 Å². The third kappa shape index (κ3) is 2.19. The average molecular weight is 328 g/mol. The fourth-order valence-electron chi connectivity index (χ4n) is 2.82. The zero-order valence-corrected chi connectivity index (χ0v) is 14.0. The van der Waals surface area contributed by atoms with Gasteiger partial charge in [-0.05, 0) is 31.5 Å². The molecule has 3 heterocycles. The van der Waals surface area contributed by atoms with E-state index >= 15 is 0 Å². The highest BCUT2D eigenvalue weighted by Crippen LogP contribution is 2.38. The zero-order chi connectivity index (χ0) is 16.1. The van der Waals surface area contributed by atoms with Crippen LogP contribution in [0.1, 0.15) is 16.3 Å². The number of aromatic nitrogens is 4. The molecule has 0 amide bonds. The monoisotopic (exact) mass is 328 g/mol. The molecule has 1 aliphatic heterocycles. The number of thiazole rings is 1. The molecular formula is C16H16N4O2S. The Hall–Kier alpha value is -2.41. The Morgan fingerprint density at radius 2 is 2.13 bits per heavy atom. The molecule has 7 heteroatoms. The van der Waals surface area contributed by atoms with Crippen molar-refractivity contribution >= 4 is 11.3 Å². The number of nitrogens with zero attached hydrogens (tertiary/aromatic N) is 4. The molecule has 0 radical (unpaired) electrons. The molecule has 0 saturated heterocycles. The van der Waals surface area contributed by atoms with Crippen molar-refractivity contribution in [2.45, 2.75) is 20.3 Å². The molecule has 0 N–H and O–H groups in total. The fourth-order valence-corrected chi connectivity index (χ4v) is 3.92. The molecule has 1 aromatic carbocycles. The molecule has 1 aliphatic rings. The highest BCUT2D eigenvalue weighted by atomic mass is 32.1. The first-order valence-electron chi connectivity index (χ1n) is 7.41. The summed E-state index contributed by atoms with van der Waals surface area (Å²) in [4.78, 5) is 18.1. The van der Waals surface area contributed by atoms with E-state index in [1.54, 1.807) is 11.6 Å². The smallest absolute Gasteiger partial charge is 0.352 e. The Morgan fingerprint density at radius 1 is 1.30 bits per heavy atom. The van der Waals surface area contributed by atoms with Gasteiger partial charge in [0.15, 0.2) is 5.13 Å². The van der Waals surface area contributed by atoms with E-state index in [0.29, 0.717) is 17.6 Å². The summed E-state index contributed by atoms with van der Waals surface area (Å²) in [5, 5.41) is 4.84. The normalized spacial score (nSPS) is 13.2. The molecule has 0 spiro atoms. The Morgan fingerprint density at radius 3 is 2.87 bits per heavy atom. The SMILES string of the molecule is Cc1ccc2c(c1)OCCc1sc(-n3c(C)nn(C)c3=O)nc1-2. The van der Waals surface area contributed by atoms with Gasteiger partial charge in [0.25, 0.3) is 0 Å². The summed E-state index contributed by atoms with van der Waals surface area (Å²) in [5.74, 6) is 1.50. The van der Waals surface area contributed by atoms with Crippen LogP contribution in [-0.2, 0) is 13.5 Å². The Bertz CT molecular complexity index is 967. The van der Waals surface area contributed by atoms with Gasteiger partial charge in [-0.15, -0.1) is 11.3 Å². The summed E-state index contributed by atoms with van der Waals surface area (Å²) in [5.41, 5.74) is 2.88. The summed E-state index contributed by atoms with van der Waals surface area (Å²) in [6.07, 6.45) is 0.786. The summed E-state index contributed by atoms with van der Waals surface area (Å²) >= 11 is 1.53. The first-order valence-corrected chi connectivity index (χ1v) is 8.23. The second-order valence-electron chi connectivity index (χ2n) is 5.66. The Kier molecular flexibility index (Phi) is 3.12. The standard InChI is InChI=1S/C16H16N4O2S/c1-9-4-5-11-12(8-9)22-7-6-13-14(11)17-15(23-13)20-10(2)18-19(3)16(20)21/h4-5,8H,6-7H2,1-3H3. The predicted molar refractivity (Wildman–Crippen MR) is 88.6 cm³/mol. The van der Waals surface area contributed by atoms with E-state index in [2.05, 4.69) is 11.2 Å². The molecule has 0 saturated carbocycles. The maximum atomic E-state index is 12.3. The second-order valence-corrected chi connectivity index (χ2v) is 6.72. The van der Waals surface area contributed by atoms with Crippen LogP contribution in [0.2, 0.25) is 0 Å². The number of fused-ring (bicyclic) bond motifs is 3. The van der Waals surface area contributed by atoms with Gasteiger partial charge in [0.2, 0.25) is 0 Å². The number of ether oxygens (including phenoxy) is 1. The van der Waals surface area contributed by atoms with Gasteiger partial charge in [0.1, 0.15) is 11.6 Å². The third-order valence-electron chi connectivity index (χ3n) is 3.94. The van der Waals surface area contributed by atoms with Gasteiger partial charge < -0.3 is 4.74 Å². The number of hydrogen-bond donors (Lipinski definition) is 0. The van der Waals surface area contributed by atoms with Crippen molar-refractivity contribution in [3.8, 4) is 22.1 Å². The minimum atomic E-state index is -0.174. The van der Waals surface area contributed by atoms with E-state index in [0.717, 1.165) is 33.9 Å². The molecule has 0 atom stereocenters. The van der Waals surface area contributed by atoms with Gasteiger partial charge in [0, 0.05) is 23.9 Å². The van der Waals surface area contributed by atoms with E-state index in [1.165, 1.54) is 16.0 Å². The number of benzene rings is 1. The van der Waals surface area contributed by atoms with Crippen molar-refractivity contribution in [1.29, 1.82) is 0 Å². The van der Waals surface area contributed by atoms with Gasteiger partial charge in [-0.1, -0.05) is 6.07 Å². The lowest BCUT2D eigenvalue weighted by molar-refractivity contribution is 0.327. The third-order valence-corrected chi connectivity index (χ3v) is 5.04. The lowest BCUT2D eigenvalue weighted by Gasteiger charge is -2.07. The summed E-state index contributed by atoms with van der Waals surface area (Å²) in [7, 11) is 1.65. The van der Waals surface area contributed by atoms with E-state index < -0.39 is 0 Å². The van der Waals surface area contributed by atoms with Gasteiger partial charge >= 0.3 is 5.69 Å². The maximum absolute atomic E-state index is 12.3. The molecule has 23 heavy (non-hydrogen) atoms. The summed E-state index contributed by atoms with van der Waals surface area (Å²) < 4.78 is 8.75. The van der Waals surface area contributed by atoms with Crippen LogP contribution in [0.3, 0.4) is 0 Å². The topological polar surface area (TPSA) is 61.9 Å². The zero-order valence-electron chi connectivity index (χ0n) is 13.2. The summed E-state index contributed by atoms with van der Waals surface area (Å²) in [6.45, 7) is 4.47. The van der Waals surface area contributed by atoms with Crippen molar-refractivity contribution in [1.82, 2.24) is 19.3 Å². The van der Waals surface area contributed by atoms with Crippen LogP contribution >= 0.6 is 11.3 Å². The largest absolute Gasteiger partial charge is 0.492 e. The molecule has 0 unspecified atom stereocenters. The Labute approximate surface area is 137 Å². The Balaban J connectivity index is 1.92. The first kappa shape index (κ1) is 14.2. The van der Waals surface area contributed by atoms with Crippen molar-refractivity contribution in [2.75, 3.05) is 6.61 Å². The van der Waals surface area contributed by atoms with Gasteiger partial charge in [-0.2, -0.15) is 5.10 Å². The molecule has 118 valence electrons. The van der Waals surface area contributed by atoms with E-state index in [4.69, 9.17) is 9.72 Å². The van der Waals surface area contributed by atoms with E-state index in [-0.39, 0.29) is 5.69 Å². The molecular weight excluding hydrogens is 312 g/mol. The minimum absolute atomic E-state index is 0.174. The summed E-state index contributed by atoms with van der Waals surface area (Å²) in [6, 6.07) is 6.12. The van der Waals surface area contributed by atoms with E-state index in [9.17, 15) is 4.79 Å². The maximum Gasteiger partial charge on any atom is 0.352 e. The molecule has 0 aliphatic carbocycles. The van der Waals surface area contributed by atoms with Crippen LogP contribution in [0, 0.1) is 13.8 Å². The lowest BCUT2D eigenvalue weighted by atomic mass is 10.1. The number of rotatable bonds is 1. The van der Waals surface area contributed by atoms with Crippen molar-refractivity contribution in [3.05, 3.63) is 44.9 Å². The van der Waals surface area contributed by atoms with E-state index in [1.807, 2.05) is 26.0 Å². The predicted octanol–water partition coefficient (Wildman–Crippen LogP) is 2.25. The van der Waals surface area contributed by atoms with Crippen LogP contribution in [-0.4, -0.2) is 25.9 Å². The van der Waals surface area contributed by atoms with Gasteiger partial charge in [0.05, 0.1) is 12.3 Å². The molecule has 3 aromatic rings. The molecule has 0 fully saturated rings. The van der Waals surface area contributed by atoms with Crippen molar-refractivity contribution in [2.24, 2.45) is 7.05 Å². The average Bonchev–Trinajstić information content (AvgIpc) is 2.95. The second kappa shape index (κ2) is 5.06. The van der Waals surface area contributed by atoms with Crippen molar-refractivity contribution in [3.63, 3.8) is 0 Å². The number of aryl methyl sites for hydroxylation is 3. The molecule has 4 rings (SSSR count). The van der Waals surface area contributed by atoms with Crippen LogP contribution < -0.4 is 10.4 Å². The van der Waals surface area contributed by atoms with Gasteiger partial charge in [-0.3, -0.25) is 0 Å². The highest BCUT2D eigenvalue weighted by Gasteiger charge is 2.22. The quantitative estimate of drug-likeness (QED) is 0.687. The minimum Gasteiger partial charge on any atom is -0.492 e. The highest BCUT2D eigenvalue weighted by molar-refractivity contribution is 7.14. The van der Waals surface area contributed by atoms with Gasteiger partial charge in [-0.25, -0.2) is 19.0 Å². The van der Waals surface area contributed by atoms with Crippen LogP contribution in [0.25, 0.3) is 16.4 Å². The van der Waals surface area contributed by atoms with Crippen molar-refractivity contribution < 1.29 is 4.74 Å². The first-order chi connectivity index (χ1) is 11.0.